The van der Waals surface area contributed by atoms with Crippen LogP contribution in [-0.4, -0.2) is 31.2 Å². The molecule has 0 amide bonds. The van der Waals surface area contributed by atoms with Gasteiger partial charge in [-0.05, 0) is 18.1 Å². The molecule has 0 bridgehead atoms. The summed E-state index contributed by atoms with van der Waals surface area (Å²) >= 11 is 0. The van der Waals surface area contributed by atoms with E-state index in [-0.39, 0.29) is 5.04 Å². The van der Waals surface area contributed by atoms with Crippen molar-refractivity contribution >= 4 is 14.3 Å². The van der Waals surface area contributed by atoms with Crippen LogP contribution in [0.2, 0.25) is 18.1 Å². The lowest BCUT2D eigenvalue weighted by molar-refractivity contribution is 0.0588. The van der Waals surface area contributed by atoms with E-state index in [4.69, 9.17) is 4.43 Å². The van der Waals surface area contributed by atoms with Gasteiger partial charge in [0.25, 0.3) is 8.32 Å². The Morgan fingerprint density at radius 1 is 1.39 bits per heavy atom. The topological polar surface area (TPSA) is 53.4 Å². The predicted molar refractivity (Wildman–Crippen MR) is 72.4 cm³/mol. The van der Waals surface area contributed by atoms with Gasteiger partial charge in [0.2, 0.25) is 5.88 Å². The molecule has 1 aromatic heterocycles. The number of carbonyl (C=O) groups is 1. The van der Waals surface area contributed by atoms with Gasteiger partial charge in [-0.3, -0.25) is 4.68 Å². The fourth-order valence-corrected chi connectivity index (χ4v) is 2.13. The van der Waals surface area contributed by atoms with Gasteiger partial charge in [0.05, 0.1) is 7.11 Å². The molecule has 0 spiro atoms. The molecule has 0 aliphatic rings. The molecule has 0 aliphatic heterocycles. The molecule has 1 aromatic rings. The van der Waals surface area contributed by atoms with Crippen molar-refractivity contribution in [1.82, 2.24) is 9.78 Å². The van der Waals surface area contributed by atoms with Gasteiger partial charge < -0.3 is 9.16 Å². The molecule has 0 N–H and O–H groups in total. The summed E-state index contributed by atoms with van der Waals surface area (Å²) in [7, 11) is 1.12. The summed E-state index contributed by atoms with van der Waals surface area (Å²) in [6.45, 7) is 10.7. The Kier molecular flexibility index (Phi) is 3.90. The first kappa shape index (κ1) is 14.8. The third kappa shape index (κ3) is 2.93. The largest absolute Gasteiger partial charge is 0.530 e. The minimum absolute atomic E-state index is 0.0932. The number of rotatable bonds is 3. The zero-order valence-corrected chi connectivity index (χ0v) is 13.2. The standard InChI is InChI=1S/C12H22N2O3Si/c1-12(2,3)18(6,7)17-10-8-9(11(15)16-5)14(4)13-10/h8H,1-7H3. The maximum absolute atomic E-state index is 11.5. The van der Waals surface area contributed by atoms with Gasteiger partial charge in [-0.1, -0.05) is 20.8 Å². The number of methoxy groups -OCH3 is 1. The Bertz CT molecular complexity index is 447. The van der Waals surface area contributed by atoms with Crippen molar-refractivity contribution in [2.45, 2.75) is 38.9 Å². The molecule has 0 radical (unpaired) electrons. The molecule has 6 heteroatoms. The molecule has 0 atom stereocenters. The van der Waals surface area contributed by atoms with E-state index in [9.17, 15) is 4.79 Å². The number of aromatic nitrogens is 2. The third-order valence-corrected chi connectivity index (χ3v) is 7.75. The van der Waals surface area contributed by atoms with E-state index < -0.39 is 14.3 Å². The third-order valence-electron chi connectivity index (χ3n) is 3.42. The smallest absolute Gasteiger partial charge is 0.356 e. The van der Waals surface area contributed by atoms with Crippen LogP contribution in [0.5, 0.6) is 5.88 Å². The molecule has 0 unspecified atom stereocenters. The lowest BCUT2D eigenvalue weighted by Crippen LogP contribution is -2.44. The Labute approximate surface area is 109 Å². The van der Waals surface area contributed by atoms with Crippen molar-refractivity contribution in [3.8, 4) is 5.88 Å². The van der Waals surface area contributed by atoms with E-state index >= 15 is 0 Å². The molecular weight excluding hydrogens is 248 g/mol. The second-order valence-electron chi connectivity index (χ2n) is 5.85. The van der Waals surface area contributed by atoms with Gasteiger partial charge >= 0.3 is 5.97 Å². The Balaban J connectivity index is 2.97. The van der Waals surface area contributed by atoms with Crippen LogP contribution in [0.3, 0.4) is 0 Å². The first-order valence-electron chi connectivity index (χ1n) is 5.90. The number of hydrogen-bond acceptors (Lipinski definition) is 4. The van der Waals surface area contributed by atoms with Crippen LogP contribution in [0.25, 0.3) is 0 Å². The molecule has 18 heavy (non-hydrogen) atoms. The Morgan fingerprint density at radius 3 is 2.39 bits per heavy atom. The monoisotopic (exact) mass is 270 g/mol. The zero-order chi connectivity index (χ0) is 14.1. The molecule has 0 saturated carbocycles. The first-order valence-corrected chi connectivity index (χ1v) is 8.80. The lowest BCUT2D eigenvalue weighted by Gasteiger charge is -2.35. The first-order chi connectivity index (χ1) is 8.08. The van der Waals surface area contributed by atoms with Gasteiger partial charge in [0.15, 0.2) is 0 Å². The average Bonchev–Trinajstić information content (AvgIpc) is 2.55. The van der Waals surface area contributed by atoms with Crippen LogP contribution in [0, 0.1) is 0 Å². The van der Waals surface area contributed by atoms with Gasteiger partial charge in [0.1, 0.15) is 5.69 Å². The van der Waals surface area contributed by atoms with E-state index in [1.165, 1.54) is 11.8 Å². The SMILES string of the molecule is COC(=O)c1cc(O[Si](C)(C)C(C)(C)C)nn1C. The Morgan fingerprint density at radius 2 is 1.94 bits per heavy atom. The number of esters is 1. The van der Waals surface area contributed by atoms with E-state index in [0.29, 0.717) is 11.6 Å². The summed E-state index contributed by atoms with van der Waals surface area (Å²) < 4.78 is 12.2. The minimum atomic E-state index is -1.93. The van der Waals surface area contributed by atoms with E-state index in [1.54, 1.807) is 13.1 Å². The predicted octanol–water partition coefficient (Wildman–Crippen LogP) is 2.59. The lowest BCUT2D eigenvalue weighted by atomic mass is 10.2. The molecule has 0 fully saturated rings. The molecule has 0 aliphatic carbocycles. The maximum Gasteiger partial charge on any atom is 0.356 e. The quantitative estimate of drug-likeness (QED) is 0.626. The van der Waals surface area contributed by atoms with Crippen LogP contribution in [0.1, 0.15) is 31.3 Å². The number of nitrogens with zero attached hydrogens (tertiary/aromatic N) is 2. The second-order valence-corrected chi connectivity index (χ2v) is 10.6. The van der Waals surface area contributed by atoms with Crippen molar-refractivity contribution in [2.24, 2.45) is 7.05 Å². The van der Waals surface area contributed by atoms with Crippen molar-refractivity contribution in [2.75, 3.05) is 7.11 Å². The van der Waals surface area contributed by atoms with E-state index in [2.05, 4.69) is 43.7 Å². The molecule has 1 heterocycles. The van der Waals surface area contributed by atoms with Gasteiger partial charge in [-0.25, -0.2) is 4.79 Å². The number of carbonyl (C=O) groups excluding carboxylic acids is 1. The summed E-state index contributed by atoms with van der Waals surface area (Å²) in [6, 6.07) is 1.63. The fraction of sp³-hybridized carbons (Fsp3) is 0.667. The highest BCUT2D eigenvalue weighted by Gasteiger charge is 2.39. The van der Waals surface area contributed by atoms with Gasteiger partial charge in [-0.15, -0.1) is 5.10 Å². The Hall–Kier alpha value is -1.30. The summed E-state index contributed by atoms with van der Waals surface area (Å²) in [5.41, 5.74) is 0.395. The molecule has 102 valence electrons. The number of ether oxygens (including phenoxy) is 1. The highest BCUT2D eigenvalue weighted by Crippen LogP contribution is 2.37. The van der Waals surface area contributed by atoms with E-state index in [0.717, 1.165) is 0 Å². The van der Waals surface area contributed by atoms with Crippen molar-refractivity contribution < 1.29 is 14.0 Å². The van der Waals surface area contributed by atoms with E-state index in [1.807, 2.05) is 0 Å². The van der Waals surface area contributed by atoms with Crippen LogP contribution in [0.15, 0.2) is 6.07 Å². The fourth-order valence-electron chi connectivity index (χ4n) is 1.20. The molecule has 0 saturated heterocycles. The summed E-state index contributed by atoms with van der Waals surface area (Å²) in [5, 5.41) is 4.30. The van der Waals surface area contributed by atoms with Gasteiger partial charge in [0, 0.05) is 13.1 Å². The molecule has 0 aromatic carbocycles. The normalized spacial score (nSPS) is 12.4. The summed E-state index contributed by atoms with van der Waals surface area (Å²) in [5.74, 6) is 0.0829. The molecular formula is C12H22N2O3Si. The van der Waals surface area contributed by atoms with Crippen LogP contribution >= 0.6 is 0 Å². The summed E-state index contributed by atoms with van der Waals surface area (Å²) in [6.07, 6.45) is 0. The number of aryl methyl sites for hydroxylation is 1. The molecule has 5 nitrogen and oxygen atoms in total. The molecule has 1 rings (SSSR count). The zero-order valence-electron chi connectivity index (χ0n) is 12.2. The maximum atomic E-state index is 11.5. The van der Waals surface area contributed by atoms with Crippen molar-refractivity contribution in [3.63, 3.8) is 0 Å². The average molecular weight is 270 g/mol. The minimum Gasteiger partial charge on any atom is -0.530 e. The number of hydrogen-bond donors (Lipinski definition) is 0. The highest BCUT2D eigenvalue weighted by molar-refractivity contribution is 6.74. The van der Waals surface area contributed by atoms with Crippen molar-refractivity contribution in [1.29, 1.82) is 0 Å². The summed E-state index contributed by atoms with van der Waals surface area (Å²) in [4.78, 5) is 11.5. The highest BCUT2D eigenvalue weighted by atomic mass is 28.4. The van der Waals surface area contributed by atoms with Gasteiger partial charge in [-0.2, -0.15) is 0 Å². The van der Waals surface area contributed by atoms with Crippen molar-refractivity contribution in [3.05, 3.63) is 11.8 Å². The van der Waals surface area contributed by atoms with Crippen LogP contribution < -0.4 is 4.43 Å². The van der Waals surface area contributed by atoms with Crippen LogP contribution in [-0.2, 0) is 11.8 Å². The second kappa shape index (κ2) is 4.76. The van der Waals surface area contributed by atoms with Crippen LogP contribution in [0.4, 0.5) is 0 Å².